The molecule has 0 radical (unpaired) electrons. The molecule has 1 heterocycles. The van der Waals surface area contributed by atoms with Gasteiger partial charge in [-0.05, 0) is 64.7 Å². The van der Waals surface area contributed by atoms with E-state index in [1.807, 2.05) is 19.1 Å². The summed E-state index contributed by atoms with van der Waals surface area (Å²) in [5, 5.41) is 12.3. The monoisotopic (exact) mass is 458 g/mol. The van der Waals surface area contributed by atoms with Crippen molar-refractivity contribution in [2.45, 2.75) is 20.3 Å². The lowest BCUT2D eigenvalue weighted by molar-refractivity contribution is -0.122. The average molecular weight is 459 g/mol. The lowest BCUT2D eigenvalue weighted by Gasteiger charge is -2.28. The molecule has 0 saturated carbocycles. The van der Waals surface area contributed by atoms with E-state index in [1.165, 1.54) is 12.1 Å². The van der Waals surface area contributed by atoms with E-state index in [0.717, 1.165) is 10.5 Å². The van der Waals surface area contributed by atoms with E-state index in [1.54, 1.807) is 25.1 Å². The number of para-hydroxylation sites is 1. The van der Waals surface area contributed by atoms with E-state index < -0.39 is 17.8 Å². The maximum atomic E-state index is 13.1. The van der Waals surface area contributed by atoms with E-state index >= 15 is 0 Å². The second kappa shape index (κ2) is 8.48. The Morgan fingerprint density at radius 1 is 1.17 bits per heavy atom. The molecule has 7 nitrogen and oxygen atoms in total. The van der Waals surface area contributed by atoms with E-state index in [4.69, 9.17) is 4.74 Å². The minimum absolute atomic E-state index is 0.0814. The van der Waals surface area contributed by atoms with E-state index in [-0.39, 0.29) is 17.1 Å². The number of phenolic OH excluding ortho intramolecular Hbond substituents is 1. The van der Waals surface area contributed by atoms with Crippen LogP contribution in [0.5, 0.6) is 11.5 Å². The number of halogens is 1. The summed E-state index contributed by atoms with van der Waals surface area (Å²) in [7, 11) is 0. The van der Waals surface area contributed by atoms with Crippen LogP contribution in [0.15, 0.2) is 46.4 Å². The minimum atomic E-state index is -0.792. The number of carbonyl (C=O) groups excluding carboxylic acids is 3. The minimum Gasteiger partial charge on any atom is -0.503 e. The molecule has 4 amide bonds. The van der Waals surface area contributed by atoms with Gasteiger partial charge in [-0.1, -0.05) is 25.1 Å². The second-order valence-electron chi connectivity index (χ2n) is 6.22. The normalized spacial score (nSPS) is 15.6. The van der Waals surface area contributed by atoms with Crippen molar-refractivity contribution < 1.29 is 24.2 Å². The zero-order chi connectivity index (χ0) is 21.1. The second-order valence-corrected chi connectivity index (χ2v) is 7.08. The number of ether oxygens (including phenoxy) is 1. The summed E-state index contributed by atoms with van der Waals surface area (Å²) in [5.74, 6) is -1.38. The number of benzene rings is 2. The number of rotatable bonds is 5. The van der Waals surface area contributed by atoms with E-state index in [2.05, 4.69) is 21.2 Å². The predicted octanol–water partition coefficient (Wildman–Crippen LogP) is 3.78. The summed E-state index contributed by atoms with van der Waals surface area (Å²) in [6.07, 6.45) is 1.97. The molecule has 8 heteroatoms. The van der Waals surface area contributed by atoms with Crippen molar-refractivity contribution >= 4 is 45.5 Å². The van der Waals surface area contributed by atoms with Gasteiger partial charge in [0.2, 0.25) is 0 Å². The molecule has 1 aliphatic heterocycles. The number of aryl methyl sites for hydroxylation is 1. The van der Waals surface area contributed by atoms with Crippen LogP contribution in [-0.2, 0) is 16.0 Å². The molecule has 2 N–H and O–H groups in total. The molecule has 0 spiro atoms. The summed E-state index contributed by atoms with van der Waals surface area (Å²) in [4.78, 5) is 38.8. The first-order valence-electron chi connectivity index (χ1n) is 9.02. The van der Waals surface area contributed by atoms with Gasteiger partial charge in [-0.15, -0.1) is 0 Å². The molecule has 150 valence electrons. The van der Waals surface area contributed by atoms with Gasteiger partial charge in [0.25, 0.3) is 11.8 Å². The highest BCUT2D eigenvalue weighted by Crippen LogP contribution is 2.36. The molecular weight excluding hydrogens is 440 g/mol. The first kappa shape index (κ1) is 20.6. The first-order valence-corrected chi connectivity index (χ1v) is 9.81. The van der Waals surface area contributed by atoms with Gasteiger partial charge in [-0.2, -0.15) is 0 Å². The number of hydrogen-bond donors (Lipinski definition) is 2. The number of imide groups is 2. The summed E-state index contributed by atoms with van der Waals surface area (Å²) < 4.78 is 5.73. The molecule has 1 aliphatic rings. The smallest absolute Gasteiger partial charge is 0.335 e. The molecular formula is C21H19BrN2O5. The van der Waals surface area contributed by atoms with Gasteiger partial charge in [-0.3, -0.25) is 14.9 Å². The highest BCUT2D eigenvalue weighted by Gasteiger charge is 2.37. The molecule has 2 aromatic rings. The van der Waals surface area contributed by atoms with Gasteiger partial charge >= 0.3 is 6.03 Å². The fourth-order valence-electron chi connectivity index (χ4n) is 3.01. The molecule has 29 heavy (non-hydrogen) atoms. The molecule has 1 fully saturated rings. The van der Waals surface area contributed by atoms with Gasteiger partial charge < -0.3 is 9.84 Å². The summed E-state index contributed by atoms with van der Waals surface area (Å²) in [6.45, 7) is 4.01. The SMILES string of the molecule is CCOc1cc(C=C2C(=O)NC(=O)N(c3ccccc3CC)C2=O)cc(Br)c1O. The summed E-state index contributed by atoms with van der Waals surface area (Å²) in [6, 6.07) is 9.29. The molecule has 2 aromatic carbocycles. The number of urea groups is 1. The van der Waals surface area contributed by atoms with Crippen molar-refractivity contribution in [3.63, 3.8) is 0 Å². The topological polar surface area (TPSA) is 95.9 Å². The van der Waals surface area contributed by atoms with Gasteiger partial charge in [0, 0.05) is 0 Å². The third-order valence-electron chi connectivity index (χ3n) is 4.38. The molecule has 0 atom stereocenters. The van der Waals surface area contributed by atoms with Gasteiger partial charge in [-0.25, -0.2) is 9.69 Å². The number of carbonyl (C=O) groups is 3. The highest BCUT2D eigenvalue weighted by atomic mass is 79.9. The van der Waals surface area contributed by atoms with Crippen molar-refractivity contribution in [2.24, 2.45) is 0 Å². The first-order chi connectivity index (χ1) is 13.9. The number of aromatic hydroxyl groups is 1. The molecule has 0 unspecified atom stereocenters. The van der Waals surface area contributed by atoms with E-state index in [9.17, 15) is 19.5 Å². The zero-order valence-corrected chi connectivity index (χ0v) is 17.4. The standard InChI is InChI=1S/C21H19BrN2O5/c1-3-13-7-5-6-8-16(13)24-20(27)14(19(26)23-21(24)28)9-12-10-15(22)18(25)17(11-12)29-4-2/h5-11,25H,3-4H2,1-2H3,(H,23,26,28). The van der Waals surface area contributed by atoms with Gasteiger partial charge in [0.1, 0.15) is 5.57 Å². The van der Waals surface area contributed by atoms with Crippen LogP contribution in [0.1, 0.15) is 25.0 Å². The molecule has 0 aromatic heterocycles. The number of amides is 4. The van der Waals surface area contributed by atoms with Crippen molar-refractivity contribution in [3.8, 4) is 11.5 Å². The number of phenols is 1. The molecule has 1 saturated heterocycles. The fourth-order valence-corrected chi connectivity index (χ4v) is 3.47. The number of hydrogen-bond acceptors (Lipinski definition) is 5. The van der Waals surface area contributed by atoms with Crippen LogP contribution in [0.3, 0.4) is 0 Å². The largest absolute Gasteiger partial charge is 0.503 e. The quantitative estimate of drug-likeness (QED) is 0.524. The van der Waals surface area contributed by atoms with Crippen molar-refractivity contribution in [3.05, 3.63) is 57.6 Å². The fraction of sp³-hybridized carbons (Fsp3) is 0.190. The Morgan fingerprint density at radius 2 is 1.90 bits per heavy atom. The molecule has 3 rings (SSSR count). The summed E-state index contributed by atoms with van der Waals surface area (Å²) >= 11 is 3.23. The van der Waals surface area contributed by atoms with Crippen LogP contribution in [0.4, 0.5) is 10.5 Å². The Labute approximate surface area is 176 Å². The van der Waals surface area contributed by atoms with E-state index in [0.29, 0.717) is 28.8 Å². The lowest BCUT2D eigenvalue weighted by Crippen LogP contribution is -2.54. The van der Waals surface area contributed by atoms with Crippen LogP contribution in [-0.4, -0.2) is 29.6 Å². The number of barbiturate groups is 1. The Hall–Kier alpha value is -3.13. The Morgan fingerprint density at radius 3 is 2.59 bits per heavy atom. The number of nitrogens with one attached hydrogen (secondary N) is 1. The van der Waals surface area contributed by atoms with Crippen molar-refractivity contribution in [1.29, 1.82) is 0 Å². The third kappa shape index (κ3) is 4.02. The number of nitrogens with zero attached hydrogens (tertiary/aromatic N) is 1. The Bertz CT molecular complexity index is 1030. The van der Waals surface area contributed by atoms with Gasteiger partial charge in [0.05, 0.1) is 16.8 Å². The third-order valence-corrected chi connectivity index (χ3v) is 4.98. The van der Waals surface area contributed by atoms with Crippen molar-refractivity contribution in [1.82, 2.24) is 5.32 Å². The van der Waals surface area contributed by atoms with Crippen molar-refractivity contribution in [2.75, 3.05) is 11.5 Å². The molecule has 0 bridgehead atoms. The molecule has 0 aliphatic carbocycles. The lowest BCUT2D eigenvalue weighted by atomic mass is 10.0. The highest BCUT2D eigenvalue weighted by molar-refractivity contribution is 9.10. The average Bonchev–Trinajstić information content (AvgIpc) is 2.69. The van der Waals surface area contributed by atoms with Crippen LogP contribution in [0.25, 0.3) is 6.08 Å². The van der Waals surface area contributed by atoms with Crippen LogP contribution < -0.4 is 15.0 Å². The maximum Gasteiger partial charge on any atom is 0.335 e. The van der Waals surface area contributed by atoms with Crippen LogP contribution in [0, 0.1) is 0 Å². The zero-order valence-electron chi connectivity index (χ0n) is 15.9. The van der Waals surface area contributed by atoms with Gasteiger partial charge in [0.15, 0.2) is 11.5 Å². The van der Waals surface area contributed by atoms with Crippen LogP contribution >= 0.6 is 15.9 Å². The Balaban J connectivity index is 2.06. The summed E-state index contributed by atoms with van der Waals surface area (Å²) in [5.41, 5.74) is 1.48. The number of anilines is 1. The maximum absolute atomic E-state index is 13.1. The predicted molar refractivity (Wildman–Crippen MR) is 112 cm³/mol. The van der Waals surface area contributed by atoms with Crippen LogP contribution in [0.2, 0.25) is 0 Å². The Kier molecular flexibility index (Phi) is 6.03.